The monoisotopic (exact) mass is 271 g/mol. The molecule has 5 nitrogen and oxygen atoms in total. The molecule has 0 radical (unpaired) electrons. The van der Waals surface area contributed by atoms with E-state index in [-0.39, 0.29) is 11.2 Å². The van der Waals surface area contributed by atoms with Crippen LogP contribution in [-0.4, -0.2) is 34.5 Å². The fourth-order valence-electron chi connectivity index (χ4n) is 1.70. The van der Waals surface area contributed by atoms with E-state index in [0.717, 1.165) is 6.42 Å². The minimum absolute atomic E-state index is 0.274. The third kappa shape index (κ3) is 3.78. The van der Waals surface area contributed by atoms with E-state index in [4.69, 9.17) is 9.47 Å². The van der Waals surface area contributed by atoms with Crippen LogP contribution in [0.4, 0.5) is 0 Å². The lowest BCUT2D eigenvalue weighted by molar-refractivity contribution is -0.180. The van der Waals surface area contributed by atoms with Gasteiger partial charge in [0, 0.05) is 13.0 Å². The maximum atomic E-state index is 11.9. The van der Waals surface area contributed by atoms with Crippen molar-refractivity contribution < 1.29 is 17.9 Å². The molecule has 0 saturated carbocycles. The largest absolute Gasteiger partial charge is 0.353 e. The first-order valence-corrected chi connectivity index (χ1v) is 7.45. The van der Waals surface area contributed by atoms with Gasteiger partial charge >= 0.3 is 0 Å². The van der Waals surface area contributed by atoms with Gasteiger partial charge < -0.3 is 9.47 Å². The van der Waals surface area contributed by atoms with Crippen LogP contribution in [0.1, 0.15) is 12.8 Å². The van der Waals surface area contributed by atoms with Gasteiger partial charge in [-0.15, -0.1) is 0 Å². The van der Waals surface area contributed by atoms with Crippen LogP contribution in [0.15, 0.2) is 35.2 Å². The molecule has 1 N–H and O–H groups in total. The van der Waals surface area contributed by atoms with E-state index in [1.54, 1.807) is 30.3 Å². The lowest BCUT2D eigenvalue weighted by atomic mass is 10.4. The van der Waals surface area contributed by atoms with Gasteiger partial charge in [0.05, 0.1) is 18.1 Å². The van der Waals surface area contributed by atoms with Gasteiger partial charge in [0.2, 0.25) is 10.0 Å². The molecule has 2 rings (SSSR count). The number of rotatable bonds is 5. The standard InChI is InChI=1S/C12H17NO4S/c14-18(15,11-5-2-1-3-6-11)13-8-7-12-16-9-4-10-17-12/h1-3,5-6,12-13H,4,7-10H2. The summed E-state index contributed by atoms with van der Waals surface area (Å²) in [6, 6.07) is 8.30. The molecule has 100 valence electrons. The molecule has 6 heteroatoms. The zero-order valence-corrected chi connectivity index (χ0v) is 10.9. The molecule has 0 amide bonds. The van der Waals surface area contributed by atoms with Crippen molar-refractivity contribution in [2.75, 3.05) is 19.8 Å². The van der Waals surface area contributed by atoms with Crippen molar-refractivity contribution in [3.63, 3.8) is 0 Å². The van der Waals surface area contributed by atoms with Gasteiger partial charge in [0.15, 0.2) is 6.29 Å². The highest BCUT2D eigenvalue weighted by Gasteiger charge is 2.17. The summed E-state index contributed by atoms with van der Waals surface area (Å²) < 4.78 is 37.0. The summed E-state index contributed by atoms with van der Waals surface area (Å²) in [7, 11) is -3.42. The smallest absolute Gasteiger partial charge is 0.240 e. The van der Waals surface area contributed by atoms with E-state index in [9.17, 15) is 8.42 Å². The Hall–Kier alpha value is -0.950. The summed E-state index contributed by atoms with van der Waals surface area (Å²) >= 11 is 0. The molecule has 0 bridgehead atoms. The first-order valence-electron chi connectivity index (χ1n) is 5.96. The predicted molar refractivity (Wildman–Crippen MR) is 66.6 cm³/mol. The average molecular weight is 271 g/mol. The third-order valence-corrected chi connectivity index (χ3v) is 4.10. The maximum Gasteiger partial charge on any atom is 0.240 e. The molecule has 0 aliphatic carbocycles. The Morgan fingerprint density at radius 1 is 1.17 bits per heavy atom. The molecule has 1 aliphatic rings. The van der Waals surface area contributed by atoms with Gasteiger partial charge in [-0.25, -0.2) is 13.1 Å². The zero-order chi connectivity index (χ0) is 12.8. The lowest BCUT2D eigenvalue weighted by Gasteiger charge is -2.23. The summed E-state index contributed by atoms with van der Waals surface area (Å²) in [6.45, 7) is 1.66. The molecule has 1 aromatic rings. The Kier molecular flexibility index (Phi) is 4.71. The van der Waals surface area contributed by atoms with E-state index in [1.165, 1.54) is 0 Å². The lowest BCUT2D eigenvalue weighted by Crippen LogP contribution is -2.31. The fourth-order valence-corrected chi connectivity index (χ4v) is 2.77. The van der Waals surface area contributed by atoms with E-state index in [0.29, 0.717) is 26.2 Å². The zero-order valence-electron chi connectivity index (χ0n) is 10.0. The second-order valence-electron chi connectivity index (χ2n) is 4.02. The van der Waals surface area contributed by atoms with E-state index in [1.807, 2.05) is 0 Å². The first-order chi connectivity index (χ1) is 8.68. The van der Waals surface area contributed by atoms with Crippen molar-refractivity contribution in [1.29, 1.82) is 0 Å². The molecule has 18 heavy (non-hydrogen) atoms. The van der Waals surface area contributed by atoms with Crippen LogP contribution in [0.25, 0.3) is 0 Å². The molecular formula is C12H17NO4S. The molecule has 1 fully saturated rings. The number of hydrogen-bond donors (Lipinski definition) is 1. The second kappa shape index (κ2) is 6.29. The number of nitrogens with one attached hydrogen (secondary N) is 1. The quantitative estimate of drug-likeness (QED) is 0.871. The molecule has 0 spiro atoms. The van der Waals surface area contributed by atoms with Gasteiger partial charge in [-0.3, -0.25) is 0 Å². The molecule has 1 saturated heterocycles. The van der Waals surface area contributed by atoms with E-state index >= 15 is 0 Å². The number of benzene rings is 1. The molecule has 1 aromatic carbocycles. The Labute approximate surface area is 107 Å². The van der Waals surface area contributed by atoms with Crippen LogP contribution >= 0.6 is 0 Å². The van der Waals surface area contributed by atoms with Crippen LogP contribution in [-0.2, 0) is 19.5 Å². The Morgan fingerprint density at radius 2 is 1.83 bits per heavy atom. The average Bonchev–Trinajstić information content (AvgIpc) is 2.41. The van der Waals surface area contributed by atoms with Crippen LogP contribution in [0.2, 0.25) is 0 Å². The van der Waals surface area contributed by atoms with Crippen molar-refractivity contribution >= 4 is 10.0 Å². The molecule has 0 unspecified atom stereocenters. The van der Waals surface area contributed by atoms with Crippen LogP contribution < -0.4 is 4.72 Å². The highest BCUT2D eigenvalue weighted by atomic mass is 32.2. The molecule has 1 aliphatic heterocycles. The Morgan fingerprint density at radius 3 is 2.50 bits per heavy atom. The van der Waals surface area contributed by atoms with Crippen molar-refractivity contribution in [3.8, 4) is 0 Å². The van der Waals surface area contributed by atoms with E-state index in [2.05, 4.69) is 4.72 Å². The minimum Gasteiger partial charge on any atom is -0.353 e. The number of ether oxygens (including phenoxy) is 2. The summed E-state index contributed by atoms with van der Waals surface area (Å²) in [5.74, 6) is 0. The Bertz CT molecular complexity index is 454. The van der Waals surface area contributed by atoms with Gasteiger partial charge in [0.25, 0.3) is 0 Å². The first kappa shape index (κ1) is 13.5. The van der Waals surface area contributed by atoms with Crippen LogP contribution in [0.3, 0.4) is 0 Å². The third-order valence-electron chi connectivity index (χ3n) is 2.62. The van der Waals surface area contributed by atoms with E-state index < -0.39 is 10.0 Å². The summed E-state index contributed by atoms with van der Waals surface area (Å²) in [6.07, 6.45) is 1.12. The predicted octanol–water partition coefficient (Wildman–Crippen LogP) is 1.12. The summed E-state index contributed by atoms with van der Waals surface area (Å²) in [5.41, 5.74) is 0. The van der Waals surface area contributed by atoms with Gasteiger partial charge in [0.1, 0.15) is 0 Å². The highest BCUT2D eigenvalue weighted by Crippen LogP contribution is 2.10. The SMILES string of the molecule is O=S(=O)(NCCC1OCCCO1)c1ccccc1. The van der Waals surface area contributed by atoms with Gasteiger partial charge in [-0.1, -0.05) is 18.2 Å². The molecule has 0 aromatic heterocycles. The topological polar surface area (TPSA) is 64.6 Å². The van der Waals surface area contributed by atoms with Crippen molar-refractivity contribution in [1.82, 2.24) is 4.72 Å². The van der Waals surface area contributed by atoms with Gasteiger partial charge in [-0.2, -0.15) is 0 Å². The van der Waals surface area contributed by atoms with Crippen molar-refractivity contribution in [3.05, 3.63) is 30.3 Å². The number of sulfonamides is 1. The highest BCUT2D eigenvalue weighted by molar-refractivity contribution is 7.89. The van der Waals surface area contributed by atoms with Crippen molar-refractivity contribution in [2.24, 2.45) is 0 Å². The Balaban J connectivity index is 1.82. The maximum absolute atomic E-state index is 11.9. The summed E-state index contributed by atoms with van der Waals surface area (Å²) in [4.78, 5) is 0.274. The fraction of sp³-hybridized carbons (Fsp3) is 0.500. The van der Waals surface area contributed by atoms with Crippen molar-refractivity contribution in [2.45, 2.75) is 24.0 Å². The van der Waals surface area contributed by atoms with Gasteiger partial charge in [-0.05, 0) is 18.6 Å². The molecule has 0 atom stereocenters. The molecular weight excluding hydrogens is 254 g/mol. The minimum atomic E-state index is -3.42. The van der Waals surface area contributed by atoms with Crippen LogP contribution in [0, 0.1) is 0 Å². The van der Waals surface area contributed by atoms with Crippen LogP contribution in [0.5, 0.6) is 0 Å². The normalized spacial score (nSPS) is 17.8. The molecule has 1 heterocycles. The summed E-state index contributed by atoms with van der Waals surface area (Å²) in [5, 5.41) is 0. The second-order valence-corrected chi connectivity index (χ2v) is 5.79. The number of hydrogen-bond acceptors (Lipinski definition) is 4.